The lowest BCUT2D eigenvalue weighted by Gasteiger charge is -2.09. The Morgan fingerprint density at radius 3 is 2.57 bits per heavy atom. The molecule has 0 bridgehead atoms. The highest BCUT2D eigenvalue weighted by atomic mass is 79.9. The molecule has 2 aromatic carbocycles. The third-order valence-corrected chi connectivity index (χ3v) is 3.68. The fourth-order valence-corrected chi connectivity index (χ4v) is 2.31. The summed E-state index contributed by atoms with van der Waals surface area (Å²) in [4.78, 5) is 11.7. The molecule has 0 aromatic heterocycles. The lowest BCUT2D eigenvalue weighted by atomic mass is 10.1. The summed E-state index contributed by atoms with van der Waals surface area (Å²) in [6, 6.07) is 14.2. The predicted molar refractivity (Wildman–Crippen MR) is 85.7 cm³/mol. The summed E-state index contributed by atoms with van der Waals surface area (Å²) >= 11 is 3.40. The van der Waals surface area contributed by atoms with Crippen LogP contribution in [-0.4, -0.2) is 19.0 Å². The molecule has 110 valence electrons. The van der Waals surface area contributed by atoms with Crippen molar-refractivity contribution in [1.29, 1.82) is 0 Å². The van der Waals surface area contributed by atoms with Gasteiger partial charge in [-0.15, -0.1) is 0 Å². The van der Waals surface area contributed by atoms with E-state index in [9.17, 15) is 9.18 Å². The van der Waals surface area contributed by atoms with Crippen LogP contribution >= 0.6 is 15.9 Å². The van der Waals surface area contributed by atoms with Gasteiger partial charge >= 0.3 is 0 Å². The molecule has 0 aliphatic heterocycles. The maximum atomic E-state index is 13.4. The van der Waals surface area contributed by atoms with Crippen molar-refractivity contribution in [2.24, 2.45) is 0 Å². The van der Waals surface area contributed by atoms with E-state index in [0.717, 1.165) is 10.2 Å². The third-order valence-electron chi connectivity index (χ3n) is 2.99. The SMILES string of the molecule is O=C(CNc1ccccc1Br)NCCc1ccccc1F. The molecular formula is C16H16BrFN2O. The summed E-state index contributed by atoms with van der Waals surface area (Å²) < 4.78 is 14.3. The minimum Gasteiger partial charge on any atom is -0.375 e. The van der Waals surface area contributed by atoms with Crippen LogP contribution in [-0.2, 0) is 11.2 Å². The zero-order chi connectivity index (χ0) is 15.1. The zero-order valence-corrected chi connectivity index (χ0v) is 13.0. The molecule has 1 amide bonds. The molecule has 0 fully saturated rings. The Labute approximate surface area is 131 Å². The molecule has 0 spiro atoms. The average molecular weight is 351 g/mol. The van der Waals surface area contributed by atoms with Gasteiger partial charge in [-0.05, 0) is 46.1 Å². The minimum absolute atomic E-state index is 0.123. The van der Waals surface area contributed by atoms with Gasteiger partial charge in [-0.25, -0.2) is 4.39 Å². The normalized spacial score (nSPS) is 10.2. The van der Waals surface area contributed by atoms with Crippen molar-refractivity contribution in [3.8, 4) is 0 Å². The lowest BCUT2D eigenvalue weighted by Crippen LogP contribution is -2.31. The number of hydrogen-bond acceptors (Lipinski definition) is 2. The molecule has 2 rings (SSSR count). The van der Waals surface area contributed by atoms with Crippen molar-refractivity contribution in [3.63, 3.8) is 0 Å². The molecule has 0 heterocycles. The van der Waals surface area contributed by atoms with Gasteiger partial charge in [0.2, 0.25) is 5.91 Å². The number of hydrogen-bond donors (Lipinski definition) is 2. The second-order valence-electron chi connectivity index (χ2n) is 4.52. The van der Waals surface area contributed by atoms with Crippen molar-refractivity contribution in [2.45, 2.75) is 6.42 Å². The molecule has 5 heteroatoms. The number of halogens is 2. The van der Waals surface area contributed by atoms with Crippen LogP contribution in [0.3, 0.4) is 0 Å². The van der Waals surface area contributed by atoms with Crippen LogP contribution in [0.4, 0.5) is 10.1 Å². The number of carbonyl (C=O) groups is 1. The predicted octanol–water partition coefficient (Wildman–Crippen LogP) is 3.36. The van der Waals surface area contributed by atoms with E-state index in [1.807, 2.05) is 24.3 Å². The molecule has 21 heavy (non-hydrogen) atoms. The summed E-state index contributed by atoms with van der Waals surface area (Å²) in [6.07, 6.45) is 0.480. The van der Waals surface area contributed by atoms with E-state index in [2.05, 4.69) is 26.6 Å². The maximum absolute atomic E-state index is 13.4. The molecule has 0 saturated carbocycles. The van der Waals surface area contributed by atoms with Crippen LogP contribution in [0.25, 0.3) is 0 Å². The van der Waals surface area contributed by atoms with Gasteiger partial charge in [0, 0.05) is 16.7 Å². The van der Waals surface area contributed by atoms with Gasteiger partial charge in [0.15, 0.2) is 0 Å². The highest BCUT2D eigenvalue weighted by molar-refractivity contribution is 9.10. The third kappa shape index (κ3) is 4.86. The number of nitrogens with one attached hydrogen (secondary N) is 2. The van der Waals surface area contributed by atoms with Crippen LogP contribution in [0.1, 0.15) is 5.56 Å². The summed E-state index contributed by atoms with van der Waals surface area (Å²) in [5.74, 6) is -0.361. The molecule has 0 saturated heterocycles. The fourth-order valence-electron chi connectivity index (χ4n) is 1.88. The van der Waals surface area contributed by atoms with Crippen LogP contribution in [0.15, 0.2) is 53.0 Å². The highest BCUT2D eigenvalue weighted by Crippen LogP contribution is 2.20. The van der Waals surface area contributed by atoms with Crippen LogP contribution < -0.4 is 10.6 Å². The first-order chi connectivity index (χ1) is 10.2. The van der Waals surface area contributed by atoms with Gasteiger partial charge in [0.1, 0.15) is 5.82 Å². The number of carbonyl (C=O) groups excluding carboxylic acids is 1. The summed E-state index contributed by atoms with van der Waals surface area (Å²) in [5, 5.41) is 5.80. The molecule has 3 nitrogen and oxygen atoms in total. The number of anilines is 1. The summed E-state index contributed by atoms with van der Waals surface area (Å²) in [6.45, 7) is 0.595. The number of para-hydroxylation sites is 1. The van der Waals surface area contributed by atoms with Crippen molar-refractivity contribution in [1.82, 2.24) is 5.32 Å². The van der Waals surface area contributed by atoms with E-state index in [4.69, 9.17) is 0 Å². The molecule has 2 aromatic rings. The Balaban J connectivity index is 1.73. The summed E-state index contributed by atoms with van der Waals surface area (Å²) in [7, 11) is 0. The fraction of sp³-hybridized carbons (Fsp3) is 0.188. The van der Waals surface area contributed by atoms with Crippen LogP contribution in [0.5, 0.6) is 0 Å². The maximum Gasteiger partial charge on any atom is 0.239 e. The molecule has 0 aliphatic carbocycles. The number of amides is 1. The van der Waals surface area contributed by atoms with Crippen molar-refractivity contribution in [2.75, 3.05) is 18.4 Å². The van der Waals surface area contributed by atoms with Gasteiger partial charge in [-0.1, -0.05) is 30.3 Å². The topological polar surface area (TPSA) is 41.1 Å². The number of benzene rings is 2. The molecule has 2 N–H and O–H groups in total. The van der Waals surface area contributed by atoms with Gasteiger partial charge in [0.05, 0.1) is 6.54 Å². The van der Waals surface area contributed by atoms with E-state index < -0.39 is 0 Å². The Kier molecular flexibility index (Phi) is 5.75. The van der Waals surface area contributed by atoms with Crippen molar-refractivity contribution >= 4 is 27.5 Å². The summed E-state index contributed by atoms with van der Waals surface area (Å²) in [5.41, 5.74) is 1.47. The molecule has 0 unspecified atom stereocenters. The first-order valence-electron chi connectivity index (χ1n) is 6.65. The largest absolute Gasteiger partial charge is 0.375 e. The van der Waals surface area contributed by atoms with E-state index in [-0.39, 0.29) is 18.3 Å². The van der Waals surface area contributed by atoms with E-state index in [1.54, 1.807) is 18.2 Å². The number of rotatable bonds is 6. The quantitative estimate of drug-likeness (QED) is 0.838. The average Bonchev–Trinajstić information content (AvgIpc) is 2.48. The lowest BCUT2D eigenvalue weighted by molar-refractivity contribution is -0.119. The second-order valence-corrected chi connectivity index (χ2v) is 5.38. The second kappa shape index (κ2) is 7.78. The van der Waals surface area contributed by atoms with Gasteiger partial charge in [0.25, 0.3) is 0 Å². The first kappa shape index (κ1) is 15.5. The minimum atomic E-state index is -0.238. The van der Waals surface area contributed by atoms with E-state index >= 15 is 0 Å². The van der Waals surface area contributed by atoms with E-state index in [1.165, 1.54) is 6.07 Å². The van der Waals surface area contributed by atoms with Crippen LogP contribution in [0, 0.1) is 5.82 Å². The van der Waals surface area contributed by atoms with Gasteiger partial charge in [-0.3, -0.25) is 4.79 Å². The van der Waals surface area contributed by atoms with Gasteiger partial charge in [-0.2, -0.15) is 0 Å². The Morgan fingerprint density at radius 1 is 1.10 bits per heavy atom. The van der Waals surface area contributed by atoms with Crippen molar-refractivity contribution in [3.05, 3.63) is 64.4 Å². The Hall–Kier alpha value is -1.88. The smallest absolute Gasteiger partial charge is 0.239 e. The first-order valence-corrected chi connectivity index (χ1v) is 7.44. The zero-order valence-electron chi connectivity index (χ0n) is 11.4. The van der Waals surface area contributed by atoms with Gasteiger partial charge < -0.3 is 10.6 Å². The molecule has 0 radical (unpaired) electrons. The Bertz CT molecular complexity index is 619. The highest BCUT2D eigenvalue weighted by Gasteiger charge is 2.04. The van der Waals surface area contributed by atoms with Crippen molar-refractivity contribution < 1.29 is 9.18 Å². The molecule has 0 aliphatic rings. The molecular weight excluding hydrogens is 335 g/mol. The Morgan fingerprint density at radius 2 is 1.81 bits per heavy atom. The monoisotopic (exact) mass is 350 g/mol. The van der Waals surface area contributed by atoms with E-state index in [0.29, 0.717) is 18.5 Å². The standard InChI is InChI=1S/C16H16BrFN2O/c17-13-6-2-4-8-15(13)20-11-16(21)19-10-9-12-5-1-3-7-14(12)18/h1-8,20H,9-11H2,(H,19,21). The molecule has 0 atom stereocenters. The van der Waals surface area contributed by atoms with Crippen LogP contribution in [0.2, 0.25) is 0 Å².